The number of rotatable bonds is 4. The second-order valence-corrected chi connectivity index (χ2v) is 8.78. The number of carbonyl (C=O) groups is 2. The van der Waals surface area contributed by atoms with Crippen molar-refractivity contribution in [2.45, 2.75) is 18.2 Å². The fourth-order valence-electron chi connectivity index (χ4n) is 2.31. The Bertz CT molecular complexity index is 710. The van der Waals surface area contributed by atoms with E-state index in [-0.39, 0.29) is 16.3 Å². The molecule has 0 saturated carbocycles. The zero-order valence-corrected chi connectivity index (χ0v) is 14.2. The standard InChI is InChI=1S/C13H18N2O5S2/c1-13(12(17)18)5-6-15(8-13)11(16)10-9(4-7-21-10)22(19,20)14(2)3/h4,7H,5-6,8H2,1-3H3,(H,17,18). The van der Waals surface area contributed by atoms with Gasteiger partial charge < -0.3 is 10.0 Å². The van der Waals surface area contributed by atoms with Crippen molar-refractivity contribution in [3.8, 4) is 0 Å². The van der Waals surface area contributed by atoms with Crippen molar-refractivity contribution < 1.29 is 23.1 Å². The maximum atomic E-state index is 12.6. The number of carboxylic acids is 1. The average Bonchev–Trinajstić information content (AvgIpc) is 3.05. The number of amides is 1. The van der Waals surface area contributed by atoms with Crippen LogP contribution >= 0.6 is 11.3 Å². The van der Waals surface area contributed by atoms with Crippen molar-refractivity contribution >= 4 is 33.2 Å². The summed E-state index contributed by atoms with van der Waals surface area (Å²) in [5.41, 5.74) is -0.979. The highest BCUT2D eigenvalue weighted by Crippen LogP contribution is 2.33. The van der Waals surface area contributed by atoms with Crippen molar-refractivity contribution in [3.05, 3.63) is 16.3 Å². The Morgan fingerprint density at radius 1 is 1.41 bits per heavy atom. The summed E-state index contributed by atoms with van der Waals surface area (Å²) >= 11 is 1.05. The first-order valence-electron chi connectivity index (χ1n) is 6.62. The number of sulfonamides is 1. The van der Waals surface area contributed by atoms with E-state index in [1.807, 2.05) is 0 Å². The highest BCUT2D eigenvalue weighted by Gasteiger charge is 2.43. The molecule has 22 heavy (non-hydrogen) atoms. The van der Waals surface area contributed by atoms with Crippen LogP contribution in [0.2, 0.25) is 0 Å². The molecule has 1 atom stereocenters. The highest BCUT2D eigenvalue weighted by molar-refractivity contribution is 7.89. The molecule has 0 bridgehead atoms. The van der Waals surface area contributed by atoms with E-state index in [0.29, 0.717) is 13.0 Å². The summed E-state index contributed by atoms with van der Waals surface area (Å²) in [6, 6.07) is 1.40. The lowest BCUT2D eigenvalue weighted by Crippen LogP contribution is -2.35. The molecule has 1 amide bonds. The van der Waals surface area contributed by atoms with E-state index in [4.69, 9.17) is 0 Å². The number of hydrogen-bond acceptors (Lipinski definition) is 5. The van der Waals surface area contributed by atoms with Crippen molar-refractivity contribution in [2.75, 3.05) is 27.2 Å². The predicted octanol–water partition coefficient (Wildman–Crippen LogP) is 0.935. The number of hydrogen-bond donors (Lipinski definition) is 1. The number of carboxylic acid groups (broad SMARTS) is 1. The van der Waals surface area contributed by atoms with Gasteiger partial charge in [0.2, 0.25) is 10.0 Å². The van der Waals surface area contributed by atoms with Gasteiger partial charge in [0, 0.05) is 27.2 Å². The summed E-state index contributed by atoms with van der Waals surface area (Å²) in [5, 5.41) is 10.8. The van der Waals surface area contributed by atoms with Crippen LogP contribution in [0.15, 0.2) is 16.3 Å². The molecule has 9 heteroatoms. The molecule has 0 aliphatic carbocycles. The third-order valence-corrected chi connectivity index (χ3v) is 6.75. The minimum Gasteiger partial charge on any atom is -0.481 e. The molecule has 7 nitrogen and oxygen atoms in total. The molecule has 2 rings (SSSR count). The van der Waals surface area contributed by atoms with Gasteiger partial charge in [-0.15, -0.1) is 11.3 Å². The first-order chi connectivity index (χ1) is 10.1. The summed E-state index contributed by atoms with van der Waals surface area (Å²) in [4.78, 5) is 25.3. The average molecular weight is 346 g/mol. The lowest BCUT2D eigenvalue weighted by atomic mass is 9.90. The lowest BCUT2D eigenvalue weighted by molar-refractivity contribution is -0.147. The molecule has 1 aromatic rings. The Morgan fingerprint density at radius 2 is 2.05 bits per heavy atom. The van der Waals surface area contributed by atoms with Crippen LogP contribution in [0.1, 0.15) is 23.0 Å². The number of nitrogens with zero attached hydrogens (tertiary/aromatic N) is 2. The van der Waals surface area contributed by atoms with Crippen LogP contribution in [-0.2, 0) is 14.8 Å². The molecule has 0 spiro atoms. The van der Waals surface area contributed by atoms with Crippen molar-refractivity contribution in [3.63, 3.8) is 0 Å². The van der Waals surface area contributed by atoms with Crippen molar-refractivity contribution in [2.24, 2.45) is 5.41 Å². The van der Waals surface area contributed by atoms with E-state index in [0.717, 1.165) is 15.6 Å². The van der Waals surface area contributed by atoms with Crippen LogP contribution in [0.3, 0.4) is 0 Å². The molecule has 122 valence electrons. The largest absolute Gasteiger partial charge is 0.481 e. The number of likely N-dealkylation sites (tertiary alicyclic amines) is 1. The molecule has 1 saturated heterocycles. The minimum atomic E-state index is -3.70. The maximum absolute atomic E-state index is 12.6. The monoisotopic (exact) mass is 346 g/mol. The van der Waals surface area contributed by atoms with Crippen LogP contribution in [-0.4, -0.2) is 61.8 Å². The van der Waals surface area contributed by atoms with E-state index in [9.17, 15) is 23.1 Å². The van der Waals surface area contributed by atoms with Crippen LogP contribution in [0.4, 0.5) is 0 Å². The zero-order chi connectivity index (χ0) is 16.7. The summed E-state index contributed by atoms with van der Waals surface area (Å²) in [5.74, 6) is -1.38. The van der Waals surface area contributed by atoms with Crippen LogP contribution < -0.4 is 0 Å². The van der Waals surface area contributed by atoms with E-state index < -0.39 is 27.3 Å². The van der Waals surface area contributed by atoms with E-state index in [1.54, 1.807) is 12.3 Å². The van der Waals surface area contributed by atoms with Gasteiger partial charge in [0.1, 0.15) is 9.77 Å². The topological polar surface area (TPSA) is 95.0 Å². The first-order valence-corrected chi connectivity index (χ1v) is 8.94. The first kappa shape index (κ1) is 16.9. The third kappa shape index (κ3) is 2.75. The van der Waals surface area contributed by atoms with Gasteiger partial charge in [0.05, 0.1) is 5.41 Å². The maximum Gasteiger partial charge on any atom is 0.311 e. The van der Waals surface area contributed by atoms with Gasteiger partial charge in [-0.3, -0.25) is 9.59 Å². The Hall–Kier alpha value is -1.45. The normalized spacial score (nSPS) is 22.3. The second-order valence-electron chi connectivity index (χ2n) is 5.74. The van der Waals surface area contributed by atoms with E-state index >= 15 is 0 Å². The SMILES string of the molecule is CN(C)S(=O)(=O)c1ccsc1C(=O)N1CCC(C)(C(=O)O)C1. The smallest absolute Gasteiger partial charge is 0.311 e. The Kier molecular flexibility index (Phi) is 4.33. The Morgan fingerprint density at radius 3 is 2.55 bits per heavy atom. The van der Waals surface area contributed by atoms with Gasteiger partial charge in [-0.2, -0.15) is 0 Å². The molecule has 2 heterocycles. The lowest BCUT2D eigenvalue weighted by Gasteiger charge is -2.20. The van der Waals surface area contributed by atoms with Gasteiger partial charge in [-0.05, 0) is 24.8 Å². The van der Waals surface area contributed by atoms with Crippen LogP contribution in [0.25, 0.3) is 0 Å². The molecule has 1 aliphatic heterocycles. The molecule has 1 aliphatic rings. The number of aliphatic carboxylic acids is 1. The van der Waals surface area contributed by atoms with Crippen molar-refractivity contribution in [1.29, 1.82) is 0 Å². The predicted molar refractivity (Wildman–Crippen MR) is 81.5 cm³/mol. The van der Waals surface area contributed by atoms with Crippen LogP contribution in [0.5, 0.6) is 0 Å². The molecule has 1 N–H and O–H groups in total. The second kappa shape index (κ2) is 5.64. The van der Waals surface area contributed by atoms with E-state index in [1.165, 1.54) is 25.1 Å². The molecule has 0 aromatic carbocycles. The van der Waals surface area contributed by atoms with Gasteiger partial charge in [0.15, 0.2) is 0 Å². The molecule has 1 fully saturated rings. The Balaban J connectivity index is 2.30. The molecule has 0 radical (unpaired) electrons. The zero-order valence-electron chi connectivity index (χ0n) is 12.6. The molecular formula is C13H18N2O5S2. The molecule has 1 unspecified atom stereocenters. The quantitative estimate of drug-likeness (QED) is 0.875. The number of carbonyl (C=O) groups excluding carboxylic acids is 1. The summed E-state index contributed by atoms with van der Waals surface area (Å²) in [6.07, 6.45) is 0.356. The van der Waals surface area contributed by atoms with Gasteiger partial charge in [-0.1, -0.05) is 0 Å². The van der Waals surface area contributed by atoms with Gasteiger partial charge >= 0.3 is 5.97 Å². The summed E-state index contributed by atoms with van der Waals surface area (Å²) in [7, 11) is -0.901. The molecular weight excluding hydrogens is 328 g/mol. The highest BCUT2D eigenvalue weighted by atomic mass is 32.2. The fourth-order valence-corrected chi connectivity index (χ4v) is 4.56. The van der Waals surface area contributed by atoms with Gasteiger partial charge in [0.25, 0.3) is 5.91 Å². The molecule has 1 aromatic heterocycles. The van der Waals surface area contributed by atoms with E-state index in [2.05, 4.69) is 0 Å². The minimum absolute atomic E-state index is 0.0311. The van der Waals surface area contributed by atoms with Crippen LogP contribution in [0, 0.1) is 5.41 Å². The van der Waals surface area contributed by atoms with Crippen molar-refractivity contribution in [1.82, 2.24) is 9.21 Å². The summed E-state index contributed by atoms with van der Waals surface area (Å²) < 4.78 is 25.5. The Labute approximate surface area is 133 Å². The fraction of sp³-hybridized carbons (Fsp3) is 0.538. The van der Waals surface area contributed by atoms with Gasteiger partial charge in [-0.25, -0.2) is 12.7 Å². The number of thiophene rings is 1. The third-order valence-electron chi connectivity index (χ3n) is 3.86. The summed E-state index contributed by atoms with van der Waals surface area (Å²) in [6.45, 7) is 1.98.